The minimum absolute atomic E-state index is 0.420. The molecule has 3 heterocycles. The van der Waals surface area contributed by atoms with E-state index in [-0.39, 0.29) is 0 Å². The summed E-state index contributed by atoms with van der Waals surface area (Å²) in [6.45, 7) is 10.4. The van der Waals surface area contributed by atoms with Crippen LogP contribution in [0.1, 0.15) is 62.3 Å². The maximum atomic E-state index is 5.38. The zero-order chi connectivity index (χ0) is 17.2. The monoisotopic (exact) mass is 344 g/mol. The number of hydrogen-bond donors (Lipinski definition) is 0. The van der Waals surface area contributed by atoms with E-state index in [1.165, 1.54) is 24.8 Å². The summed E-state index contributed by atoms with van der Waals surface area (Å²) in [5.74, 6) is 2.22. The van der Waals surface area contributed by atoms with Gasteiger partial charge in [0.25, 0.3) is 0 Å². The predicted molar refractivity (Wildman–Crippen MR) is 94.1 cm³/mol. The first kappa shape index (κ1) is 16.7. The normalized spacial score (nSPS) is 20.3. The summed E-state index contributed by atoms with van der Waals surface area (Å²) >= 11 is 0. The van der Waals surface area contributed by atoms with Crippen molar-refractivity contribution in [1.29, 1.82) is 0 Å². The largest absolute Gasteiger partial charge is 0.339 e. The van der Waals surface area contributed by atoms with Crippen molar-refractivity contribution < 1.29 is 4.52 Å². The van der Waals surface area contributed by atoms with Gasteiger partial charge in [0.15, 0.2) is 5.82 Å². The smallest absolute Gasteiger partial charge is 0.229 e. The first-order valence-corrected chi connectivity index (χ1v) is 9.47. The number of rotatable bonds is 6. The van der Waals surface area contributed by atoms with Gasteiger partial charge >= 0.3 is 0 Å². The molecule has 0 bridgehead atoms. The first-order valence-electron chi connectivity index (χ1n) is 9.47. The highest BCUT2D eigenvalue weighted by Crippen LogP contribution is 2.38. The Balaban J connectivity index is 1.28. The van der Waals surface area contributed by atoms with E-state index in [2.05, 4.69) is 45.1 Å². The lowest BCUT2D eigenvalue weighted by atomic mass is 10.3. The molecule has 0 unspecified atom stereocenters. The van der Waals surface area contributed by atoms with Gasteiger partial charge in [0.2, 0.25) is 5.89 Å². The van der Waals surface area contributed by atoms with Gasteiger partial charge in [-0.15, -0.1) is 0 Å². The van der Waals surface area contributed by atoms with Crippen molar-refractivity contribution >= 4 is 0 Å². The van der Waals surface area contributed by atoms with Crippen LogP contribution >= 0.6 is 0 Å². The molecule has 2 aliphatic rings. The Hall–Kier alpha value is -1.73. The van der Waals surface area contributed by atoms with Crippen molar-refractivity contribution in [3.8, 4) is 0 Å². The van der Waals surface area contributed by atoms with Crippen molar-refractivity contribution in [3.05, 3.63) is 29.7 Å². The van der Waals surface area contributed by atoms with E-state index in [1.807, 2.05) is 10.9 Å². The van der Waals surface area contributed by atoms with Gasteiger partial charge in [0.05, 0.1) is 12.7 Å². The lowest BCUT2D eigenvalue weighted by Gasteiger charge is -2.20. The van der Waals surface area contributed by atoms with Gasteiger partial charge < -0.3 is 4.52 Å². The summed E-state index contributed by atoms with van der Waals surface area (Å²) < 4.78 is 7.41. The van der Waals surface area contributed by atoms with Crippen molar-refractivity contribution in [2.45, 2.75) is 58.2 Å². The van der Waals surface area contributed by atoms with Crippen molar-refractivity contribution in [2.24, 2.45) is 0 Å². The Kier molecular flexibility index (Phi) is 4.85. The SMILES string of the molecule is CC(C)n1cc(CN2CCCN(Cc3noc(C4CC4)n3)CC2)cn1. The van der Waals surface area contributed by atoms with Gasteiger partial charge in [-0.25, -0.2) is 0 Å². The van der Waals surface area contributed by atoms with Gasteiger partial charge in [0.1, 0.15) is 0 Å². The Morgan fingerprint density at radius 3 is 2.56 bits per heavy atom. The highest BCUT2D eigenvalue weighted by molar-refractivity contribution is 5.04. The summed E-state index contributed by atoms with van der Waals surface area (Å²) in [5, 5.41) is 8.61. The summed E-state index contributed by atoms with van der Waals surface area (Å²) in [6, 6.07) is 0.420. The average molecular weight is 344 g/mol. The molecule has 0 N–H and O–H groups in total. The third-order valence-corrected chi connectivity index (χ3v) is 5.05. The molecule has 2 fully saturated rings. The molecule has 25 heavy (non-hydrogen) atoms. The fourth-order valence-corrected chi connectivity index (χ4v) is 3.37. The van der Waals surface area contributed by atoms with Gasteiger partial charge in [-0.1, -0.05) is 5.16 Å². The lowest BCUT2D eigenvalue weighted by molar-refractivity contribution is 0.241. The Labute approximate surface area is 149 Å². The van der Waals surface area contributed by atoms with E-state index >= 15 is 0 Å². The fraction of sp³-hybridized carbons (Fsp3) is 0.722. The van der Waals surface area contributed by atoms with Crippen LogP contribution in [0.15, 0.2) is 16.9 Å². The molecule has 7 heteroatoms. The van der Waals surface area contributed by atoms with Crippen molar-refractivity contribution in [1.82, 2.24) is 29.7 Å². The van der Waals surface area contributed by atoms with E-state index in [9.17, 15) is 0 Å². The summed E-state index contributed by atoms with van der Waals surface area (Å²) in [5.41, 5.74) is 1.30. The van der Waals surface area contributed by atoms with Crippen molar-refractivity contribution in [3.63, 3.8) is 0 Å². The summed E-state index contributed by atoms with van der Waals surface area (Å²) in [6.07, 6.45) is 7.75. The van der Waals surface area contributed by atoms with Crippen LogP contribution in [0.4, 0.5) is 0 Å². The summed E-state index contributed by atoms with van der Waals surface area (Å²) in [4.78, 5) is 9.52. The second-order valence-electron chi connectivity index (χ2n) is 7.65. The molecule has 1 aliphatic heterocycles. The van der Waals surface area contributed by atoms with E-state index < -0.39 is 0 Å². The standard InChI is InChI=1S/C18H28N6O/c1-14(2)24-12-15(10-19-24)11-22-6-3-7-23(9-8-22)13-17-20-18(25-21-17)16-4-5-16/h10,12,14,16H,3-9,11,13H2,1-2H3. The molecule has 2 aromatic heterocycles. The minimum atomic E-state index is 0.420. The molecule has 0 aromatic carbocycles. The van der Waals surface area contributed by atoms with Crippen LogP contribution in [-0.2, 0) is 13.1 Å². The maximum absolute atomic E-state index is 5.38. The second kappa shape index (κ2) is 7.25. The molecule has 1 saturated carbocycles. The van der Waals surface area contributed by atoms with Gasteiger partial charge in [-0.2, -0.15) is 10.1 Å². The van der Waals surface area contributed by atoms with E-state index in [0.29, 0.717) is 12.0 Å². The Morgan fingerprint density at radius 2 is 1.88 bits per heavy atom. The quantitative estimate of drug-likeness (QED) is 0.802. The average Bonchev–Trinajstić information content (AvgIpc) is 3.22. The second-order valence-corrected chi connectivity index (χ2v) is 7.65. The Morgan fingerprint density at radius 1 is 1.12 bits per heavy atom. The molecule has 1 aliphatic carbocycles. The molecule has 2 aromatic rings. The third-order valence-electron chi connectivity index (χ3n) is 5.05. The number of nitrogens with zero attached hydrogens (tertiary/aromatic N) is 6. The molecular weight excluding hydrogens is 316 g/mol. The lowest BCUT2D eigenvalue weighted by Crippen LogP contribution is -2.30. The zero-order valence-electron chi connectivity index (χ0n) is 15.3. The topological polar surface area (TPSA) is 63.2 Å². The summed E-state index contributed by atoms with van der Waals surface area (Å²) in [7, 11) is 0. The predicted octanol–water partition coefficient (Wildman–Crippen LogP) is 2.43. The molecule has 7 nitrogen and oxygen atoms in total. The number of hydrogen-bond acceptors (Lipinski definition) is 6. The molecule has 0 radical (unpaired) electrons. The Bertz CT molecular complexity index is 639. The highest BCUT2D eigenvalue weighted by atomic mass is 16.5. The first-order chi connectivity index (χ1) is 12.2. The van der Waals surface area contributed by atoms with Crippen LogP contribution in [0, 0.1) is 0 Å². The molecule has 136 valence electrons. The van der Waals surface area contributed by atoms with Crippen LogP contribution in [0.3, 0.4) is 0 Å². The van der Waals surface area contributed by atoms with Crippen LogP contribution in [0.5, 0.6) is 0 Å². The van der Waals surface area contributed by atoms with Gasteiger partial charge in [-0.3, -0.25) is 14.5 Å². The zero-order valence-corrected chi connectivity index (χ0v) is 15.3. The third kappa shape index (κ3) is 4.27. The molecule has 4 rings (SSSR count). The van der Waals surface area contributed by atoms with E-state index in [1.54, 1.807) is 0 Å². The van der Waals surface area contributed by atoms with Crippen molar-refractivity contribution in [2.75, 3.05) is 26.2 Å². The molecule has 1 saturated heterocycles. The van der Waals surface area contributed by atoms with Crippen LogP contribution < -0.4 is 0 Å². The van der Waals surface area contributed by atoms with Crippen LogP contribution in [-0.4, -0.2) is 55.9 Å². The minimum Gasteiger partial charge on any atom is -0.339 e. The fourth-order valence-electron chi connectivity index (χ4n) is 3.37. The van der Waals surface area contributed by atoms with E-state index in [4.69, 9.17) is 4.52 Å². The molecular formula is C18H28N6O. The van der Waals surface area contributed by atoms with Crippen LogP contribution in [0.25, 0.3) is 0 Å². The number of aromatic nitrogens is 4. The molecule has 0 atom stereocenters. The van der Waals surface area contributed by atoms with Gasteiger partial charge in [-0.05, 0) is 46.2 Å². The molecule has 0 amide bonds. The molecule has 0 spiro atoms. The van der Waals surface area contributed by atoms with Crippen LogP contribution in [0.2, 0.25) is 0 Å². The van der Waals surface area contributed by atoms with E-state index in [0.717, 1.165) is 51.0 Å². The van der Waals surface area contributed by atoms with Gasteiger partial charge in [0, 0.05) is 43.4 Å². The maximum Gasteiger partial charge on any atom is 0.229 e. The highest BCUT2D eigenvalue weighted by Gasteiger charge is 2.30.